The lowest BCUT2D eigenvalue weighted by atomic mass is 10.3. The highest BCUT2D eigenvalue weighted by atomic mass is 32.1. The lowest BCUT2D eigenvalue weighted by Gasteiger charge is -2.05. The van der Waals surface area contributed by atoms with Crippen molar-refractivity contribution in [2.75, 3.05) is 5.32 Å². The number of aromatic amines is 1. The van der Waals surface area contributed by atoms with E-state index in [4.69, 9.17) is 12.2 Å². The third kappa shape index (κ3) is 3.48. The van der Waals surface area contributed by atoms with Crippen molar-refractivity contribution in [1.82, 2.24) is 19.7 Å². The standard InChI is InChI=1S/C11H15N5OS2/c1-3-4-8-14-15-11(18)16(8)5-9(17)13-10-12-7(2)6-19-10/h6H,3-5H2,1-2H3,(H,15,18)(H,12,13,17). The molecule has 2 aromatic rings. The molecule has 0 spiro atoms. The minimum Gasteiger partial charge on any atom is -0.300 e. The van der Waals surface area contributed by atoms with Gasteiger partial charge >= 0.3 is 0 Å². The Bertz CT molecular complexity index is 627. The number of aryl methyl sites for hydroxylation is 2. The van der Waals surface area contributed by atoms with Crippen LogP contribution in [0.3, 0.4) is 0 Å². The molecule has 0 saturated carbocycles. The van der Waals surface area contributed by atoms with Crippen LogP contribution in [0.4, 0.5) is 5.13 Å². The van der Waals surface area contributed by atoms with Crippen LogP contribution < -0.4 is 5.32 Å². The number of nitrogens with zero attached hydrogens (tertiary/aromatic N) is 3. The van der Waals surface area contributed by atoms with Gasteiger partial charge in [0.15, 0.2) is 9.90 Å². The molecule has 0 aliphatic carbocycles. The summed E-state index contributed by atoms with van der Waals surface area (Å²) in [6.07, 6.45) is 1.74. The van der Waals surface area contributed by atoms with Gasteiger partial charge in [0.2, 0.25) is 5.91 Å². The van der Waals surface area contributed by atoms with Crippen LogP contribution in [0.25, 0.3) is 0 Å². The van der Waals surface area contributed by atoms with E-state index in [-0.39, 0.29) is 12.5 Å². The molecule has 2 aromatic heterocycles. The molecule has 0 aliphatic rings. The first-order chi connectivity index (χ1) is 9.10. The first kappa shape index (κ1) is 13.9. The zero-order valence-corrected chi connectivity index (χ0v) is 12.4. The lowest BCUT2D eigenvalue weighted by Crippen LogP contribution is -2.20. The Hall–Kier alpha value is -1.54. The Morgan fingerprint density at radius 2 is 2.42 bits per heavy atom. The molecular weight excluding hydrogens is 282 g/mol. The van der Waals surface area contributed by atoms with Crippen LogP contribution in [0.5, 0.6) is 0 Å². The first-order valence-corrected chi connectivity index (χ1v) is 7.25. The van der Waals surface area contributed by atoms with E-state index < -0.39 is 0 Å². The summed E-state index contributed by atoms with van der Waals surface area (Å²) in [4.78, 5) is 16.1. The van der Waals surface area contributed by atoms with Crippen molar-refractivity contribution in [3.63, 3.8) is 0 Å². The van der Waals surface area contributed by atoms with Crippen LogP contribution in [-0.2, 0) is 17.8 Å². The lowest BCUT2D eigenvalue weighted by molar-refractivity contribution is -0.116. The van der Waals surface area contributed by atoms with Crippen molar-refractivity contribution in [1.29, 1.82) is 0 Å². The zero-order chi connectivity index (χ0) is 13.8. The smallest absolute Gasteiger partial charge is 0.246 e. The zero-order valence-electron chi connectivity index (χ0n) is 10.8. The number of thiazole rings is 1. The van der Waals surface area contributed by atoms with Crippen LogP contribution >= 0.6 is 23.6 Å². The van der Waals surface area contributed by atoms with Gasteiger partial charge in [-0.05, 0) is 25.6 Å². The number of hydrogen-bond acceptors (Lipinski definition) is 5. The summed E-state index contributed by atoms with van der Waals surface area (Å²) in [5.74, 6) is 0.655. The van der Waals surface area contributed by atoms with Gasteiger partial charge in [-0.15, -0.1) is 11.3 Å². The maximum atomic E-state index is 11.9. The van der Waals surface area contributed by atoms with Gasteiger partial charge < -0.3 is 5.32 Å². The summed E-state index contributed by atoms with van der Waals surface area (Å²) in [5.41, 5.74) is 0.895. The predicted octanol–water partition coefficient (Wildman–Crippen LogP) is 2.30. The molecule has 0 saturated heterocycles. The van der Waals surface area contributed by atoms with E-state index >= 15 is 0 Å². The van der Waals surface area contributed by atoms with Gasteiger partial charge in [-0.2, -0.15) is 5.10 Å². The van der Waals surface area contributed by atoms with Crippen LogP contribution in [0.2, 0.25) is 0 Å². The second kappa shape index (κ2) is 6.07. The van der Waals surface area contributed by atoms with Crippen molar-refractivity contribution in [3.05, 3.63) is 21.7 Å². The Morgan fingerprint density at radius 1 is 1.63 bits per heavy atom. The number of carbonyl (C=O) groups excluding carboxylic acids is 1. The largest absolute Gasteiger partial charge is 0.300 e. The fourth-order valence-electron chi connectivity index (χ4n) is 1.64. The van der Waals surface area contributed by atoms with Crippen molar-refractivity contribution < 1.29 is 4.79 Å². The van der Waals surface area contributed by atoms with Gasteiger partial charge in [0.1, 0.15) is 12.4 Å². The highest BCUT2D eigenvalue weighted by Crippen LogP contribution is 2.14. The number of rotatable bonds is 5. The van der Waals surface area contributed by atoms with E-state index in [1.54, 1.807) is 4.57 Å². The van der Waals surface area contributed by atoms with E-state index in [0.717, 1.165) is 24.4 Å². The van der Waals surface area contributed by atoms with Crippen LogP contribution in [0.1, 0.15) is 24.9 Å². The molecule has 2 heterocycles. The predicted molar refractivity (Wildman–Crippen MR) is 76.9 cm³/mol. The van der Waals surface area contributed by atoms with Crippen molar-refractivity contribution in [2.45, 2.75) is 33.2 Å². The molecule has 6 nitrogen and oxygen atoms in total. The van der Waals surface area contributed by atoms with Crippen molar-refractivity contribution >= 4 is 34.6 Å². The second-order valence-electron chi connectivity index (χ2n) is 4.12. The summed E-state index contributed by atoms with van der Waals surface area (Å²) in [7, 11) is 0. The molecule has 0 atom stereocenters. The van der Waals surface area contributed by atoms with Crippen LogP contribution in [-0.4, -0.2) is 25.7 Å². The quantitative estimate of drug-likeness (QED) is 0.830. The molecule has 0 radical (unpaired) electrons. The third-order valence-corrected chi connectivity index (χ3v) is 3.67. The topological polar surface area (TPSA) is 75.6 Å². The van der Waals surface area contributed by atoms with Gasteiger partial charge in [-0.1, -0.05) is 6.92 Å². The maximum absolute atomic E-state index is 11.9. The average Bonchev–Trinajstić information content (AvgIpc) is 2.90. The highest BCUT2D eigenvalue weighted by Gasteiger charge is 2.11. The molecule has 19 heavy (non-hydrogen) atoms. The molecule has 8 heteroatoms. The minimum atomic E-state index is -0.149. The fourth-order valence-corrected chi connectivity index (χ4v) is 2.56. The number of anilines is 1. The Kier molecular flexibility index (Phi) is 4.43. The SMILES string of the molecule is CCCc1n[nH]c(=S)n1CC(=O)Nc1nc(C)cs1. The molecule has 0 fully saturated rings. The summed E-state index contributed by atoms with van der Waals surface area (Å²) >= 11 is 6.53. The molecule has 0 bridgehead atoms. The second-order valence-corrected chi connectivity index (χ2v) is 5.37. The van der Waals surface area contributed by atoms with Gasteiger partial charge in [-0.3, -0.25) is 14.5 Å². The maximum Gasteiger partial charge on any atom is 0.246 e. The van der Waals surface area contributed by atoms with E-state index in [1.165, 1.54) is 11.3 Å². The van der Waals surface area contributed by atoms with E-state index in [0.29, 0.717) is 9.90 Å². The Balaban J connectivity index is 2.06. The Labute approximate surface area is 119 Å². The molecule has 1 amide bonds. The highest BCUT2D eigenvalue weighted by molar-refractivity contribution is 7.71. The number of carbonyl (C=O) groups is 1. The van der Waals surface area contributed by atoms with Crippen LogP contribution in [0, 0.1) is 11.7 Å². The minimum absolute atomic E-state index is 0.149. The first-order valence-electron chi connectivity index (χ1n) is 5.96. The van der Waals surface area contributed by atoms with E-state index in [1.807, 2.05) is 12.3 Å². The van der Waals surface area contributed by atoms with Crippen LogP contribution in [0.15, 0.2) is 5.38 Å². The molecule has 0 unspecified atom stereocenters. The number of aromatic nitrogens is 4. The number of H-pyrrole nitrogens is 1. The van der Waals surface area contributed by atoms with Crippen molar-refractivity contribution in [2.24, 2.45) is 0 Å². The molecule has 0 aromatic carbocycles. The Morgan fingerprint density at radius 3 is 3.05 bits per heavy atom. The molecule has 0 aliphatic heterocycles. The van der Waals surface area contributed by atoms with Gasteiger partial charge in [0, 0.05) is 11.8 Å². The number of hydrogen-bond donors (Lipinski definition) is 2. The molecule has 102 valence electrons. The molecule has 2 rings (SSSR count). The monoisotopic (exact) mass is 297 g/mol. The van der Waals surface area contributed by atoms with Gasteiger partial charge in [0.25, 0.3) is 0 Å². The average molecular weight is 297 g/mol. The summed E-state index contributed by atoms with van der Waals surface area (Å²) in [5, 5.41) is 12.1. The third-order valence-electron chi connectivity index (χ3n) is 2.48. The molecular formula is C11H15N5OS2. The summed E-state index contributed by atoms with van der Waals surface area (Å²) in [6.45, 7) is 4.10. The fraction of sp³-hybridized carbons (Fsp3) is 0.455. The van der Waals surface area contributed by atoms with E-state index in [9.17, 15) is 4.79 Å². The number of amides is 1. The van der Waals surface area contributed by atoms with Crippen molar-refractivity contribution in [3.8, 4) is 0 Å². The normalized spacial score (nSPS) is 10.6. The molecule has 2 N–H and O–H groups in total. The van der Waals surface area contributed by atoms with Gasteiger partial charge in [-0.25, -0.2) is 4.98 Å². The summed E-state index contributed by atoms with van der Waals surface area (Å²) < 4.78 is 2.18. The van der Waals surface area contributed by atoms with E-state index in [2.05, 4.69) is 27.4 Å². The van der Waals surface area contributed by atoms with Gasteiger partial charge in [0.05, 0.1) is 5.69 Å². The summed E-state index contributed by atoms with van der Waals surface area (Å²) in [6, 6.07) is 0. The number of nitrogens with one attached hydrogen (secondary N) is 2.